The highest BCUT2D eigenvalue weighted by Gasteiger charge is 2.06. The van der Waals surface area contributed by atoms with Crippen molar-refractivity contribution in [3.63, 3.8) is 0 Å². The van der Waals surface area contributed by atoms with Gasteiger partial charge in [0.15, 0.2) is 0 Å². The highest BCUT2D eigenvalue weighted by atomic mass is 16.5. The summed E-state index contributed by atoms with van der Waals surface area (Å²) >= 11 is 0. The van der Waals surface area contributed by atoms with Gasteiger partial charge in [-0.25, -0.2) is 4.98 Å². The summed E-state index contributed by atoms with van der Waals surface area (Å²) < 4.78 is 7.26. The van der Waals surface area contributed by atoms with Crippen molar-refractivity contribution < 1.29 is 4.74 Å². The Balaban J connectivity index is 2.24. The van der Waals surface area contributed by atoms with E-state index in [1.54, 1.807) is 19.4 Å². The Kier molecular flexibility index (Phi) is 4.16. The molecule has 0 fully saturated rings. The van der Waals surface area contributed by atoms with Gasteiger partial charge in [0.1, 0.15) is 17.6 Å². The molecule has 1 aromatic carbocycles. The molecule has 19 heavy (non-hydrogen) atoms. The molecule has 2 N–H and O–H groups in total. The molecular formula is C14H16N4O. The fourth-order valence-corrected chi connectivity index (χ4v) is 1.96. The normalized spacial score (nSPS) is 10.2. The van der Waals surface area contributed by atoms with Crippen LogP contribution < -0.4 is 10.5 Å². The zero-order valence-electron chi connectivity index (χ0n) is 10.8. The highest BCUT2D eigenvalue weighted by Crippen LogP contribution is 2.20. The number of benzene rings is 1. The van der Waals surface area contributed by atoms with Crippen molar-refractivity contribution in [3.8, 4) is 11.8 Å². The standard InChI is InChI=1S/C14H16N4O/c1-19-13-8-11(2-3-12(13)9-16)10-18-7-6-17-14(18)4-5-15/h2-3,6-8H,4-5,10,15H2,1H3. The van der Waals surface area contributed by atoms with E-state index >= 15 is 0 Å². The van der Waals surface area contributed by atoms with Gasteiger partial charge in [-0.05, 0) is 24.2 Å². The molecule has 0 radical (unpaired) electrons. The first kappa shape index (κ1) is 13.1. The summed E-state index contributed by atoms with van der Waals surface area (Å²) in [6.07, 6.45) is 4.45. The summed E-state index contributed by atoms with van der Waals surface area (Å²) in [6, 6.07) is 7.68. The third-order valence-electron chi connectivity index (χ3n) is 2.91. The Morgan fingerprint density at radius 2 is 2.32 bits per heavy atom. The van der Waals surface area contributed by atoms with E-state index in [2.05, 4.69) is 11.1 Å². The topological polar surface area (TPSA) is 76.9 Å². The number of nitrogens with zero attached hydrogens (tertiary/aromatic N) is 3. The van der Waals surface area contributed by atoms with Crippen molar-refractivity contribution in [2.24, 2.45) is 5.73 Å². The zero-order chi connectivity index (χ0) is 13.7. The minimum absolute atomic E-state index is 0.541. The van der Waals surface area contributed by atoms with E-state index in [1.165, 1.54) is 0 Å². The van der Waals surface area contributed by atoms with Crippen LogP contribution in [0.15, 0.2) is 30.6 Å². The maximum Gasteiger partial charge on any atom is 0.136 e. The smallest absolute Gasteiger partial charge is 0.136 e. The van der Waals surface area contributed by atoms with Crippen LogP contribution in [0.2, 0.25) is 0 Å². The number of aromatic nitrogens is 2. The van der Waals surface area contributed by atoms with Gasteiger partial charge < -0.3 is 15.0 Å². The first-order valence-corrected chi connectivity index (χ1v) is 6.05. The van der Waals surface area contributed by atoms with E-state index in [0.29, 0.717) is 24.4 Å². The maximum absolute atomic E-state index is 8.95. The molecule has 0 bridgehead atoms. The SMILES string of the molecule is COc1cc(Cn2ccnc2CCN)ccc1C#N. The maximum atomic E-state index is 8.95. The molecular weight excluding hydrogens is 240 g/mol. The third-order valence-corrected chi connectivity index (χ3v) is 2.91. The molecule has 0 aliphatic carbocycles. The number of nitriles is 1. The van der Waals surface area contributed by atoms with Crippen molar-refractivity contribution in [2.45, 2.75) is 13.0 Å². The summed E-state index contributed by atoms with van der Waals surface area (Å²) in [5.41, 5.74) is 7.16. The van der Waals surface area contributed by atoms with Crippen LogP contribution in [0.25, 0.3) is 0 Å². The molecule has 5 heteroatoms. The summed E-state index contributed by atoms with van der Waals surface area (Å²) in [6.45, 7) is 1.27. The Bertz CT molecular complexity index is 598. The van der Waals surface area contributed by atoms with E-state index < -0.39 is 0 Å². The number of ether oxygens (including phenoxy) is 1. The predicted molar refractivity (Wildman–Crippen MR) is 71.8 cm³/mol. The van der Waals surface area contributed by atoms with Gasteiger partial charge in [0.2, 0.25) is 0 Å². The Hall–Kier alpha value is -2.32. The number of nitrogens with two attached hydrogens (primary N) is 1. The second kappa shape index (κ2) is 6.03. The molecule has 98 valence electrons. The largest absolute Gasteiger partial charge is 0.495 e. The van der Waals surface area contributed by atoms with Gasteiger partial charge in [-0.3, -0.25) is 0 Å². The number of rotatable bonds is 5. The lowest BCUT2D eigenvalue weighted by Crippen LogP contribution is -2.10. The lowest BCUT2D eigenvalue weighted by atomic mass is 10.1. The fourth-order valence-electron chi connectivity index (χ4n) is 1.96. The van der Waals surface area contributed by atoms with Crippen LogP contribution in [0.3, 0.4) is 0 Å². The molecule has 0 spiro atoms. The molecule has 0 unspecified atom stereocenters. The number of imidazole rings is 1. The summed E-state index contributed by atoms with van der Waals surface area (Å²) in [4.78, 5) is 4.28. The van der Waals surface area contributed by atoms with Crippen LogP contribution in [-0.2, 0) is 13.0 Å². The molecule has 0 aliphatic rings. The number of hydrogen-bond acceptors (Lipinski definition) is 4. The van der Waals surface area contributed by atoms with Gasteiger partial charge in [-0.15, -0.1) is 0 Å². The molecule has 0 aliphatic heterocycles. The summed E-state index contributed by atoms with van der Waals surface area (Å²) in [7, 11) is 1.57. The van der Waals surface area contributed by atoms with Crippen LogP contribution in [0, 0.1) is 11.3 Å². The average molecular weight is 256 g/mol. The molecule has 0 saturated heterocycles. The first-order chi connectivity index (χ1) is 9.28. The second-order valence-electron chi connectivity index (χ2n) is 4.16. The lowest BCUT2D eigenvalue weighted by molar-refractivity contribution is 0.413. The van der Waals surface area contributed by atoms with Gasteiger partial charge in [0, 0.05) is 25.4 Å². The monoisotopic (exact) mass is 256 g/mol. The van der Waals surface area contributed by atoms with Crippen LogP contribution in [0.5, 0.6) is 5.75 Å². The minimum atomic E-state index is 0.541. The minimum Gasteiger partial charge on any atom is -0.495 e. The van der Waals surface area contributed by atoms with Crippen molar-refractivity contribution in [3.05, 3.63) is 47.5 Å². The van der Waals surface area contributed by atoms with Crippen LogP contribution >= 0.6 is 0 Å². The number of methoxy groups -OCH3 is 1. The molecule has 2 rings (SSSR count). The van der Waals surface area contributed by atoms with E-state index in [-0.39, 0.29) is 0 Å². The van der Waals surface area contributed by atoms with Crippen molar-refractivity contribution >= 4 is 0 Å². The van der Waals surface area contributed by atoms with Crippen molar-refractivity contribution in [2.75, 3.05) is 13.7 Å². The zero-order valence-corrected chi connectivity index (χ0v) is 10.8. The van der Waals surface area contributed by atoms with Crippen LogP contribution in [-0.4, -0.2) is 23.2 Å². The van der Waals surface area contributed by atoms with Crippen LogP contribution in [0.1, 0.15) is 17.0 Å². The van der Waals surface area contributed by atoms with Gasteiger partial charge in [-0.1, -0.05) is 6.07 Å². The molecule has 1 aromatic heterocycles. The predicted octanol–water partition coefficient (Wildman–Crippen LogP) is 1.31. The van der Waals surface area contributed by atoms with E-state index in [9.17, 15) is 0 Å². The van der Waals surface area contributed by atoms with Crippen molar-refractivity contribution in [1.82, 2.24) is 9.55 Å². The van der Waals surface area contributed by atoms with E-state index in [4.69, 9.17) is 15.7 Å². The Morgan fingerprint density at radius 3 is 3.00 bits per heavy atom. The molecule has 5 nitrogen and oxygen atoms in total. The molecule has 0 saturated carbocycles. The quantitative estimate of drug-likeness (QED) is 0.875. The second-order valence-corrected chi connectivity index (χ2v) is 4.16. The average Bonchev–Trinajstić information content (AvgIpc) is 2.86. The molecule has 0 amide bonds. The van der Waals surface area contributed by atoms with Crippen molar-refractivity contribution in [1.29, 1.82) is 5.26 Å². The van der Waals surface area contributed by atoms with E-state index in [1.807, 2.05) is 22.9 Å². The summed E-state index contributed by atoms with van der Waals surface area (Å²) in [5, 5.41) is 8.95. The third kappa shape index (κ3) is 2.92. The van der Waals surface area contributed by atoms with Gasteiger partial charge in [0.25, 0.3) is 0 Å². The fraction of sp³-hybridized carbons (Fsp3) is 0.286. The number of hydrogen-bond donors (Lipinski definition) is 1. The van der Waals surface area contributed by atoms with Crippen LogP contribution in [0.4, 0.5) is 0 Å². The Labute approximate surface area is 112 Å². The van der Waals surface area contributed by atoms with Gasteiger partial charge in [-0.2, -0.15) is 5.26 Å². The molecule has 1 heterocycles. The van der Waals surface area contributed by atoms with Gasteiger partial charge >= 0.3 is 0 Å². The molecule has 0 atom stereocenters. The van der Waals surface area contributed by atoms with E-state index in [0.717, 1.165) is 17.8 Å². The Morgan fingerprint density at radius 1 is 1.47 bits per heavy atom. The van der Waals surface area contributed by atoms with Gasteiger partial charge in [0.05, 0.1) is 12.7 Å². The first-order valence-electron chi connectivity index (χ1n) is 6.05. The highest BCUT2D eigenvalue weighted by molar-refractivity contribution is 5.45. The lowest BCUT2D eigenvalue weighted by Gasteiger charge is -2.09. The summed E-state index contributed by atoms with van der Waals surface area (Å²) in [5.74, 6) is 1.56. The molecule has 2 aromatic rings.